The molecule has 1 aromatic heterocycles. The molecule has 4 heteroatoms. The summed E-state index contributed by atoms with van der Waals surface area (Å²) in [6.07, 6.45) is 2.16. The van der Waals surface area contributed by atoms with Crippen LogP contribution in [0.3, 0.4) is 0 Å². The Morgan fingerprint density at radius 2 is 2.26 bits per heavy atom. The largest absolute Gasteiger partial charge is 0.495 e. The van der Waals surface area contributed by atoms with E-state index < -0.39 is 5.97 Å². The summed E-state index contributed by atoms with van der Waals surface area (Å²) in [5, 5.41) is 10.3. The molecule has 100 valence electrons. The van der Waals surface area contributed by atoms with Gasteiger partial charge in [0.2, 0.25) is 0 Å². The molecule has 1 N–H and O–H groups in total. The third kappa shape index (κ3) is 1.70. The lowest BCUT2D eigenvalue weighted by Gasteiger charge is -2.19. The van der Waals surface area contributed by atoms with Crippen molar-refractivity contribution in [3.63, 3.8) is 0 Å². The van der Waals surface area contributed by atoms with Crippen molar-refractivity contribution in [1.29, 1.82) is 0 Å². The summed E-state index contributed by atoms with van der Waals surface area (Å²) in [6.45, 7) is 0. The molecule has 19 heavy (non-hydrogen) atoms. The van der Waals surface area contributed by atoms with Crippen molar-refractivity contribution in [2.75, 3.05) is 7.11 Å². The van der Waals surface area contributed by atoms with Gasteiger partial charge in [-0.3, -0.25) is 4.79 Å². The number of aliphatic carboxylic acids is 1. The summed E-state index contributed by atoms with van der Waals surface area (Å²) in [4.78, 5) is 11.2. The summed E-state index contributed by atoms with van der Waals surface area (Å²) in [7, 11) is 3.70. The van der Waals surface area contributed by atoms with Gasteiger partial charge in [-0.05, 0) is 30.9 Å². The molecule has 4 nitrogen and oxygen atoms in total. The number of aromatic nitrogens is 1. The van der Waals surface area contributed by atoms with E-state index in [1.807, 2.05) is 19.2 Å². The summed E-state index contributed by atoms with van der Waals surface area (Å²) in [5.74, 6) is -0.101. The minimum absolute atomic E-state index is 0.260. The fourth-order valence-electron chi connectivity index (χ4n) is 3.19. The number of benzene rings is 1. The normalized spacial score (nSPS) is 18.3. The van der Waals surface area contributed by atoms with Crippen molar-refractivity contribution in [3.8, 4) is 5.75 Å². The molecule has 1 aromatic carbocycles. The summed E-state index contributed by atoms with van der Waals surface area (Å²) < 4.78 is 7.58. The molecule has 0 aliphatic heterocycles. The standard InChI is InChI=1S/C15H17NO3/c1-16-12-7-6-9(15(17)18)8-11(12)10-4-3-5-13(19-2)14(10)16/h3-5,9H,6-8H2,1-2H3,(H,17,18). The van der Waals surface area contributed by atoms with Crippen molar-refractivity contribution in [1.82, 2.24) is 4.57 Å². The highest BCUT2D eigenvalue weighted by Crippen LogP contribution is 2.37. The average molecular weight is 259 g/mol. The molecule has 1 aliphatic carbocycles. The van der Waals surface area contributed by atoms with Crippen LogP contribution < -0.4 is 4.74 Å². The average Bonchev–Trinajstić information content (AvgIpc) is 2.72. The van der Waals surface area contributed by atoms with Gasteiger partial charge in [-0.2, -0.15) is 0 Å². The van der Waals surface area contributed by atoms with Gasteiger partial charge >= 0.3 is 5.97 Å². The van der Waals surface area contributed by atoms with E-state index in [-0.39, 0.29) is 5.92 Å². The SMILES string of the molecule is COc1cccc2c3c(n(C)c12)CCC(C(=O)O)C3. The summed E-state index contributed by atoms with van der Waals surface area (Å²) in [6, 6.07) is 5.97. The van der Waals surface area contributed by atoms with E-state index >= 15 is 0 Å². The van der Waals surface area contributed by atoms with Gasteiger partial charge in [-0.25, -0.2) is 0 Å². The zero-order valence-electron chi connectivity index (χ0n) is 11.1. The van der Waals surface area contributed by atoms with Crippen LogP contribution >= 0.6 is 0 Å². The molecular formula is C15H17NO3. The maximum Gasteiger partial charge on any atom is 0.306 e. The molecule has 1 atom stereocenters. The van der Waals surface area contributed by atoms with Gasteiger partial charge in [0.15, 0.2) is 0 Å². The molecule has 0 fully saturated rings. The Morgan fingerprint density at radius 3 is 2.95 bits per heavy atom. The molecule has 1 aliphatic rings. The van der Waals surface area contributed by atoms with E-state index in [2.05, 4.69) is 10.6 Å². The summed E-state index contributed by atoms with van der Waals surface area (Å²) in [5.41, 5.74) is 3.49. The molecule has 0 radical (unpaired) electrons. The summed E-state index contributed by atoms with van der Waals surface area (Å²) >= 11 is 0. The van der Waals surface area contributed by atoms with Crippen molar-refractivity contribution in [3.05, 3.63) is 29.5 Å². The number of fused-ring (bicyclic) bond motifs is 3. The van der Waals surface area contributed by atoms with Crippen LogP contribution in [0.4, 0.5) is 0 Å². The number of hydrogen-bond donors (Lipinski definition) is 1. The fourth-order valence-corrected chi connectivity index (χ4v) is 3.19. The minimum atomic E-state index is -0.689. The maximum atomic E-state index is 11.2. The Morgan fingerprint density at radius 1 is 1.47 bits per heavy atom. The van der Waals surface area contributed by atoms with Crippen LogP contribution in [0.5, 0.6) is 5.75 Å². The van der Waals surface area contributed by atoms with Crippen LogP contribution in [0.1, 0.15) is 17.7 Å². The number of methoxy groups -OCH3 is 1. The van der Waals surface area contributed by atoms with E-state index in [0.29, 0.717) is 6.42 Å². The molecule has 0 spiro atoms. The number of aryl methyl sites for hydroxylation is 1. The van der Waals surface area contributed by atoms with Gasteiger partial charge in [-0.15, -0.1) is 0 Å². The van der Waals surface area contributed by atoms with Gasteiger partial charge < -0.3 is 14.4 Å². The van der Waals surface area contributed by atoms with E-state index in [4.69, 9.17) is 4.74 Å². The van der Waals surface area contributed by atoms with Gasteiger partial charge in [0.05, 0.1) is 18.5 Å². The maximum absolute atomic E-state index is 11.2. The number of carboxylic acid groups (broad SMARTS) is 1. The van der Waals surface area contributed by atoms with Crippen molar-refractivity contribution in [2.24, 2.45) is 13.0 Å². The van der Waals surface area contributed by atoms with E-state index in [9.17, 15) is 9.90 Å². The molecule has 2 aromatic rings. The molecule has 0 bridgehead atoms. The predicted octanol–water partition coefficient (Wildman–Crippen LogP) is 2.38. The number of ether oxygens (including phenoxy) is 1. The first-order valence-corrected chi connectivity index (χ1v) is 6.49. The molecule has 0 saturated carbocycles. The zero-order valence-corrected chi connectivity index (χ0v) is 11.1. The van der Waals surface area contributed by atoms with Crippen LogP contribution in [0.15, 0.2) is 18.2 Å². The highest BCUT2D eigenvalue weighted by atomic mass is 16.5. The third-order valence-electron chi connectivity index (χ3n) is 4.16. The first-order valence-electron chi connectivity index (χ1n) is 6.49. The predicted molar refractivity (Wildman–Crippen MR) is 72.6 cm³/mol. The second-order valence-electron chi connectivity index (χ2n) is 5.12. The zero-order chi connectivity index (χ0) is 13.6. The van der Waals surface area contributed by atoms with Crippen molar-refractivity contribution < 1.29 is 14.6 Å². The van der Waals surface area contributed by atoms with Gasteiger partial charge in [0, 0.05) is 18.1 Å². The molecule has 0 amide bonds. The first-order chi connectivity index (χ1) is 9.13. The van der Waals surface area contributed by atoms with Crippen molar-refractivity contribution >= 4 is 16.9 Å². The van der Waals surface area contributed by atoms with Crippen LogP contribution in [0, 0.1) is 5.92 Å². The van der Waals surface area contributed by atoms with E-state index in [0.717, 1.165) is 29.5 Å². The monoisotopic (exact) mass is 259 g/mol. The molecular weight excluding hydrogens is 242 g/mol. The van der Waals surface area contributed by atoms with Crippen LogP contribution in [-0.2, 0) is 24.7 Å². The lowest BCUT2D eigenvalue weighted by Crippen LogP contribution is -2.22. The fraction of sp³-hybridized carbons (Fsp3) is 0.400. The van der Waals surface area contributed by atoms with Crippen LogP contribution in [0.2, 0.25) is 0 Å². The van der Waals surface area contributed by atoms with Gasteiger partial charge in [0.1, 0.15) is 5.75 Å². The molecule has 3 rings (SSSR count). The number of para-hydroxylation sites is 1. The minimum Gasteiger partial charge on any atom is -0.495 e. The Labute approximate surface area is 111 Å². The Bertz CT molecular complexity index is 657. The lowest BCUT2D eigenvalue weighted by molar-refractivity contribution is -0.142. The third-order valence-corrected chi connectivity index (χ3v) is 4.16. The number of carboxylic acids is 1. The number of nitrogens with zero attached hydrogens (tertiary/aromatic N) is 1. The smallest absolute Gasteiger partial charge is 0.306 e. The highest BCUT2D eigenvalue weighted by Gasteiger charge is 2.29. The Balaban J connectivity index is 2.22. The topological polar surface area (TPSA) is 51.5 Å². The number of rotatable bonds is 2. The van der Waals surface area contributed by atoms with Gasteiger partial charge in [0.25, 0.3) is 0 Å². The Kier molecular flexibility index (Phi) is 2.73. The molecule has 1 unspecified atom stereocenters. The Hall–Kier alpha value is -1.97. The van der Waals surface area contributed by atoms with Crippen LogP contribution in [0.25, 0.3) is 10.9 Å². The quantitative estimate of drug-likeness (QED) is 0.900. The highest BCUT2D eigenvalue weighted by molar-refractivity contribution is 5.91. The molecule has 1 heterocycles. The number of hydrogen-bond acceptors (Lipinski definition) is 2. The van der Waals surface area contributed by atoms with Gasteiger partial charge in [-0.1, -0.05) is 12.1 Å². The lowest BCUT2D eigenvalue weighted by atomic mass is 9.86. The van der Waals surface area contributed by atoms with Crippen LogP contribution in [-0.4, -0.2) is 22.8 Å². The second-order valence-corrected chi connectivity index (χ2v) is 5.12. The first kappa shape index (κ1) is 12.1. The second kappa shape index (κ2) is 4.30. The van der Waals surface area contributed by atoms with E-state index in [1.54, 1.807) is 7.11 Å². The van der Waals surface area contributed by atoms with E-state index in [1.165, 1.54) is 11.3 Å². The molecule has 0 saturated heterocycles. The van der Waals surface area contributed by atoms with Crippen molar-refractivity contribution in [2.45, 2.75) is 19.3 Å². The number of carbonyl (C=O) groups is 1.